The van der Waals surface area contributed by atoms with E-state index in [1.54, 1.807) is 21.8 Å². The lowest BCUT2D eigenvalue weighted by Gasteiger charge is -2.32. The van der Waals surface area contributed by atoms with Crippen LogP contribution >= 0.6 is 0 Å². The third kappa shape index (κ3) is 3.83. The second-order valence-corrected chi connectivity index (χ2v) is 6.50. The Bertz CT molecular complexity index is 898. The highest BCUT2D eigenvalue weighted by Crippen LogP contribution is 2.21. The number of carbonyl (C=O) groups excluding carboxylic acids is 3. The molecule has 0 bridgehead atoms. The highest BCUT2D eigenvalue weighted by molar-refractivity contribution is 6.60. The topological polar surface area (TPSA) is 125 Å². The van der Waals surface area contributed by atoms with Gasteiger partial charge in [-0.1, -0.05) is 6.07 Å². The Hall–Kier alpha value is -2.98. The number of rotatable bonds is 6. The Labute approximate surface area is 162 Å². The summed E-state index contributed by atoms with van der Waals surface area (Å²) in [6.45, 7) is 3.11. The van der Waals surface area contributed by atoms with Crippen molar-refractivity contribution in [3.63, 3.8) is 0 Å². The molecule has 9 nitrogen and oxygen atoms in total. The van der Waals surface area contributed by atoms with Crippen molar-refractivity contribution in [2.45, 2.75) is 32.4 Å². The Balaban J connectivity index is 1.76. The van der Waals surface area contributed by atoms with Crippen LogP contribution in [-0.2, 0) is 11.3 Å². The summed E-state index contributed by atoms with van der Waals surface area (Å²) in [5, 5.41) is 25.4. The van der Waals surface area contributed by atoms with Gasteiger partial charge in [-0.25, -0.2) is 4.68 Å². The molecule has 3 N–H and O–H groups in total. The fraction of sp³-hybridized carbons (Fsp3) is 0.333. The highest BCUT2D eigenvalue weighted by atomic mass is 16.4. The molecule has 0 spiro atoms. The van der Waals surface area contributed by atoms with Crippen molar-refractivity contribution < 1.29 is 24.4 Å². The molecule has 1 saturated heterocycles. The van der Waals surface area contributed by atoms with Gasteiger partial charge in [-0.3, -0.25) is 19.3 Å². The SMILES string of the molecule is CCn1nccc1N1CCCC(NC(=O)c2ccc(B(O)O)c(C=O)c2)C1=O. The zero-order valence-corrected chi connectivity index (χ0v) is 15.4. The van der Waals surface area contributed by atoms with Gasteiger partial charge in [0.15, 0.2) is 0 Å². The van der Waals surface area contributed by atoms with Crippen molar-refractivity contribution in [1.29, 1.82) is 0 Å². The minimum Gasteiger partial charge on any atom is -0.423 e. The molecule has 1 fully saturated rings. The fourth-order valence-electron chi connectivity index (χ4n) is 3.33. The van der Waals surface area contributed by atoms with E-state index in [2.05, 4.69) is 10.4 Å². The van der Waals surface area contributed by atoms with Gasteiger partial charge in [0.1, 0.15) is 18.1 Å². The molecule has 1 aromatic carbocycles. The molecular formula is C18H21BN4O5. The van der Waals surface area contributed by atoms with Gasteiger partial charge in [0.05, 0.1) is 6.20 Å². The molecular weight excluding hydrogens is 363 g/mol. The Morgan fingerprint density at radius 2 is 2.18 bits per heavy atom. The lowest BCUT2D eigenvalue weighted by Crippen LogP contribution is -2.53. The van der Waals surface area contributed by atoms with Crippen molar-refractivity contribution in [3.8, 4) is 0 Å². The second-order valence-electron chi connectivity index (χ2n) is 6.50. The molecule has 1 aromatic heterocycles. The van der Waals surface area contributed by atoms with E-state index in [9.17, 15) is 24.4 Å². The number of nitrogens with zero attached hydrogens (tertiary/aromatic N) is 3. The Morgan fingerprint density at radius 3 is 2.86 bits per heavy atom. The number of aldehydes is 1. The van der Waals surface area contributed by atoms with Crippen LogP contribution in [0.3, 0.4) is 0 Å². The van der Waals surface area contributed by atoms with Crippen molar-refractivity contribution in [3.05, 3.63) is 41.6 Å². The quantitative estimate of drug-likeness (QED) is 0.448. The molecule has 2 heterocycles. The number of benzene rings is 1. The maximum Gasteiger partial charge on any atom is 0.489 e. The number of carbonyl (C=O) groups is 3. The lowest BCUT2D eigenvalue weighted by molar-refractivity contribution is -0.121. The van der Waals surface area contributed by atoms with Crippen molar-refractivity contribution >= 4 is 36.5 Å². The Morgan fingerprint density at radius 1 is 1.39 bits per heavy atom. The summed E-state index contributed by atoms with van der Waals surface area (Å²) in [4.78, 5) is 38.2. The summed E-state index contributed by atoms with van der Waals surface area (Å²) in [6, 6.07) is 5.03. The van der Waals surface area contributed by atoms with E-state index in [1.807, 2.05) is 6.92 Å². The summed E-state index contributed by atoms with van der Waals surface area (Å²) in [6.07, 6.45) is 3.31. The zero-order chi connectivity index (χ0) is 20.3. The van der Waals surface area contributed by atoms with Gasteiger partial charge in [0.25, 0.3) is 11.8 Å². The van der Waals surface area contributed by atoms with E-state index in [0.717, 1.165) is 6.42 Å². The van der Waals surface area contributed by atoms with Gasteiger partial charge in [-0.15, -0.1) is 0 Å². The van der Waals surface area contributed by atoms with Crippen LogP contribution in [0.25, 0.3) is 0 Å². The van der Waals surface area contributed by atoms with Crippen LogP contribution in [0.1, 0.15) is 40.5 Å². The van der Waals surface area contributed by atoms with E-state index in [0.29, 0.717) is 31.6 Å². The van der Waals surface area contributed by atoms with Crippen molar-refractivity contribution in [1.82, 2.24) is 15.1 Å². The van der Waals surface area contributed by atoms with Crippen LogP contribution in [0, 0.1) is 0 Å². The molecule has 1 aliphatic rings. The van der Waals surface area contributed by atoms with E-state index in [4.69, 9.17) is 0 Å². The summed E-state index contributed by atoms with van der Waals surface area (Å²) in [5.41, 5.74) is 0.181. The highest BCUT2D eigenvalue weighted by Gasteiger charge is 2.32. The molecule has 2 aromatic rings. The van der Waals surface area contributed by atoms with Crippen LogP contribution in [0.15, 0.2) is 30.5 Å². The molecule has 0 saturated carbocycles. The summed E-state index contributed by atoms with van der Waals surface area (Å²) in [7, 11) is -1.81. The third-order valence-electron chi connectivity index (χ3n) is 4.77. The van der Waals surface area contributed by atoms with Gasteiger partial charge < -0.3 is 15.4 Å². The maximum absolute atomic E-state index is 12.9. The zero-order valence-electron chi connectivity index (χ0n) is 15.4. The number of hydrogen-bond donors (Lipinski definition) is 3. The smallest absolute Gasteiger partial charge is 0.423 e. The number of piperidine rings is 1. The van der Waals surface area contributed by atoms with Gasteiger partial charge in [0, 0.05) is 30.3 Å². The first-order valence-corrected chi connectivity index (χ1v) is 9.05. The first kappa shape index (κ1) is 19.8. The molecule has 10 heteroatoms. The molecule has 1 unspecified atom stereocenters. The van der Waals surface area contributed by atoms with Crippen LogP contribution in [0.4, 0.5) is 5.82 Å². The minimum absolute atomic E-state index is 0.00564. The standard InChI is InChI=1S/C18H21BN4O5/c1-2-23-16(7-8-20-23)22-9-3-4-15(18(22)26)21-17(25)12-5-6-14(19(27)28)13(10-12)11-24/h5-8,10-11,15,27-28H,2-4,9H2,1H3,(H,21,25). The summed E-state index contributed by atoms with van der Waals surface area (Å²) >= 11 is 0. The number of aryl methyl sites for hydroxylation is 1. The molecule has 28 heavy (non-hydrogen) atoms. The fourth-order valence-corrected chi connectivity index (χ4v) is 3.33. The number of anilines is 1. The van der Waals surface area contributed by atoms with E-state index < -0.39 is 19.1 Å². The van der Waals surface area contributed by atoms with Gasteiger partial charge in [0.2, 0.25) is 0 Å². The Kier molecular flexibility index (Phi) is 5.91. The summed E-state index contributed by atoms with van der Waals surface area (Å²) < 4.78 is 1.72. The molecule has 146 valence electrons. The molecule has 1 aliphatic heterocycles. The average Bonchev–Trinajstić information content (AvgIpc) is 3.17. The predicted molar refractivity (Wildman–Crippen MR) is 102 cm³/mol. The molecule has 0 radical (unpaired) electrons. The van der Waals surface area contributed by atoms with Gasteiger partial charge in [-0.2, -0.15) is 5.10 Å². The normalized spacial score (nSPS) is 16.8. The van der Waals surface area contributed by atoms with E-state index in [-0.39, 0.29) is 22.5 Å². The lowest BCUT2D eigenvalue weighted by atomic mass is 9.77. The minimum atomic E-state index is -1.81. The van der Waals surface area contributed by atoms with E-state index in [1.165, 1.54) is 18.2 Å². The summed E-state index contributed by atoms with van der Waals surface area (Å²) in [5.74, 6) is -0.0323. The van der Waals surface area contributed by atoms with Gasteiger partial charge in [-0.05, 0) is 37.4 Å². The van der Waals surface area contributed by atoms with Crippen molar-refractivity contribution in [2.75, 3.05) is 11.4 Å². The average molecular weight is 384 g/mol. The monoisotopic (exact) mass is 384 g/mol. The number of nitrogens with one attached hydrogen (secondary N) is 1. The maximum atomic E-state index is 12.9. The largest absolute Gasteiger partial charge is 0.489 e. The number of aromatic nitrogens is 2. The van der Waals surface area contributed by atoms with Crippen LogP contribution in [0.2, 0.25) is 0 Å². The van der Waals surface area contributed by atoms with Crippen LogP contribution in [-0.4, -0.2) is 57.6 Å². The molecule has 0 aliphatic carbocycles. The first-order chi connectivity index (χ1) is 13.5. The first-order valence-electron chi connectivity index (χ1n) is 9.05. The molecule has 1 atom stereocenters. The third-order valence-corrected chi connectivity index (χ3v) is 4.77. The molecule has 2 amide bonds. The van der Waals surface area contributed by atoms with E-state index >= 15 is 0 Å². The predicted octanol–water partition coefficient (Wildman–Crippen LogP) is -0.679. The number of hydrogen-bond acceptors (Lipinski definition) is 6. The van der Waals surface area contributed by atoms with Crippen LogP contribution in [0.5, 0.6) is 0 Å². The van der Waals surface area contributed by atoms with Crippen molar-refractivity contribution in [2.24, 2.45) is 0 Å². The van der Waals surface area contributed by atoms with Gasteiger partial charge >= 0.3 is 7.12 Å². The number of amides is 2. The second kappa shape index (κ2) is 8.36. The van der Waals surface area contributed by atoms with Crippen LogP contribution < -0.4 is 15.7 Å². The molecule has 3 rings (SSSR count).